The summed E-state index contributed by atoms with van der Waals surface area (Å²) in [4.78, 5) is 6.87. The van der Waals surface area contributed by atoms with Crippen LogP contribution in [0.2, 0.25) is 0 Å². The van der Waals surface area contributed by atoms with Crippen molar-refractivity contribution in [1.82, 2.24) is 19.7 Å². The zero-order valence-electron chi connectivity index (χ0n) is 12.0. The minimum absolute atomic E-state index is 0.421. The van der Waals surface area contributed by atoms with Gasteiger partial charge in [0.25, 0.3) is 0 Å². The summed E-state index contributed by atoms with van der Waals surface area (Å²) >= 11 is 0. The Morgan fingerprint density at radius 2 is 2.25 bits per heavy atom. The quantitative estimate of drug-likeness (QED) is 0.856. The molecular formula is C16H22N4. The van der Waals surface area contributed by atoms with Gasteiger partial charge in [-0.15, -0.1) is 0 Å². The average Bonchev–Trinajstić information content (AvgIpc) is 3.01. The molecule has 2 aromatic rings. The second kappa shape index (κ2) is 6.18. The van der Waals surface area contributed by atoms with Crippen molar-refractivity contribution in [1.29, 1.82) is 0 Å². The van der Waals surface area contributed by atoms with E-state index in [4.69, 9.17) is 0 Å². The van der Waals surface area contributed by atoms with Crippen molar-refractivity contribution in [3.63, 3.8) is 0 Å². The standard InChI is InChI=1S/C16H22N4/c1-14(15-6-4-8-17-12-15)20-11-3-2-7-16(20)13-19-10-5-9-18-19/h4-6,8-10,12,14,16H,2-3,7,11,13H2,1H3. The van der Waals surface area contributed by atoms with E-state index >= 15 is 0 Å². The van der Waals surface area contributed by atoms with E-state index in [1.807, 2.05) is 30.7 Å². The predicted molar refractivity (Wildman–Crippen MR) is 79.2 cm³/mol. The third-order valence-corrected chi connectivity index (χ3v) is 4.29. The first-order valence-corrected chi connectivity index (χ1v) is 7.47. The fourth-order valence-electron chi connectivity index (χ4n) is 3.17. The number of rotatable bonds is 4. The van der Waals surface area contributed by atoms with Crippen LogP contribution < -0.4 is 0 Å². The van der Waals surface area contributed by atoms with E-state index in [0.717, 1.165) is 6.54 Å². The van der Waals surface area contributed by atoms with Gasteiger partial charge in [-0.1, -0.05) is 12.5 Å². The van der Waals surface area contributed by atoms with Crippen LogP contribution in [0.1, 0.15) is 37.8 Å². The molecule has 4 heteroatoms. The summed E-state index contributed by atoms with van der Waals surface area (Å²) in [6, 6.07) is 7.19. The van der Waals surface area contributed by atoms with Crippen LogP contribution >= 0.6 is 0 Å². The Balaban J connectivity index is 1.75. The van der Waals surface area contributed by atoms with Gasteiger partial charge in [-0.2, -0.15) is 5.10 Å². The van der Waals surface area contributed by atoms with Crippen molar-refractivity contribution in [2.45, 2.75) is 44.8 Å². The van der Waals surface area contributed by atoms with Gasteiger partial charge in [0.1, 0.15) is 0 Å². The number of hydrogen-bond donors (Lipinski definition) is 0. The Labute approximate surface area is 120 Å². The molecular weight excluding hydrogens is 248 g/mol. The number of hydrogen-bond acceptors (Lipinski definition) is 3. The van der Waals surface area contributed by atoms with Gasteiger partial charge >= 0.3 is 0 Å². The van der Waals surface area contributed by atoms with Crippen molar-refractivity contribution in [2.75, 3.05) is 6.54 Å². The van der Waals surface area contributed by atoms with Crippen molar-refractivity contribution in [2.24, 2.45) is 0 Å². The molecule has 0 N–H and O–H groups in total. The zero-order valence-corrected chi connectivity index (χ0v) is 12.0. The van der Waals surface area contributed by atoms with Crippen molar-refractivity contribution >= 4 is 0 Å². The molecule has 2 unspecified atom stereocenters. The smallest absolute Gasteiger partial charge is 0.0565 e. The zero-order chi connectivity index (χ0) is 13.8. The van der Waals surface area contributed by atoms with E-state index in [9.17, 15) is 0 Å². The average molecular weight is 270 g/mol. The Bertz CT molecular complexity index is 509. The van der Waals surface area contributed by atoms with Gasteiger partial charge in [0.05, 0.1) is 6.54 Å². The summed E-state index contributed by atoms with van der Waals surface area (Å²) in [6.07, 6.45) is 11.6. The number of piperidine rings is 1. The molecule has 106 valence electrons. The molecule has 0 bridgehead atoms. The SMILES string of the molecule is CC(c1cccnc1)N1CCCCC1Cn1cccn1. The molecule has 1 saturated heterocycles. The first kappa shape index (κ1) is 13.3. The lowest BCUT2D eigenvalue weighted by atomic mass is 9.97. The highest BCUT2D eigenvalue weighted by Gasteiger charge is 2.27. The summed E-state index contributed by atoms with van der Waals surface area (Å²) in [5.74, 6) is 0. The molecule has 1 aliphatic rings. The molecule has 0 spiro atoms. The molecule has 2 atom stereocenters. The summed E-state index contributed by atoms with van der Waals surface area (Å²) in [5.41, 5.74) is 1.31. The maximum absolute atomic E-state index is 4.35. The fraction of sp³-hybridized carbons (Fsp3) is 0.500. The van der Waals surface area contributed by atoms with Crippen LogP contribution in [0.25, 0.3) is 0 Å². The molecule has 0 radical (unpaired) electrons. The molecule has 4 nitrogen and oxygen atoms in total. The summed E-state index contributed by atoms with van der Waals surface area (Å²) in [7, 11) is 0. The minimum atomic E-state index is 0.421. The van der Waals surface area contributed by atoms with Crippen molar-refractivity contribution in [3.8, 4) is 0 Å². The van der Waals surface area contributed by atoms with E-state index in [-0.39, 0.29) is 0 Å². The Kier molecular flexibility index (Phi) is 4.11. The van der Waals surface area contributed by atoms with Gasteiger partial charge in [0.15, 0.2) is 0 Å². The van der Waals surface area contributed by atoms with Gasteiger partial charge in [-0.3, -0.25) is 14.6 Å². The molecule has 0 saturated carbocycles. The topological polar surface area (TPSA) is 34.0 Å². The third kappa shape index (κ3) is 2.90. The number of aromatic nitrogens is 3. The first-order chi connectivity index (χ1) is 9.84. The van der Waals surface area contributed by atoms with E-state index in [1.54, 1.807) is 0 Å². The van der Waals surface area contributed by atoms with E-state index in [0.29, 0.717) is 12.1 Å². The van der Waals surface area contributed by atoms with E-state index in [1.165, 1.54) is 31.4 Å². The first-order valence-electron chi connectivity index (χ1n) is 7.47. The van der Waals surface area contributed by atoms with Gasteiger partial charge in [0.2, 0.25) is 0 Å². The number of nitrogens with zero attached hydrogens (tertiary/aromatic N) is 4. The molecule has 0 aromatic carbocycles. The maximum atomic E-state index is 4.35. The Morgan fingerprint density at radius 3 is 3.00 bits per heavy atom. The monoisotopic (exact) mass is 270 g/mol. The van der Waals surface area contributed by atoms with Crippen LogP contribution in [0.4, 0.5) is 0 Å². The Morgan fingerprint density at radius 1 is 1.30 bits per heavy atom. The molecule has 20 heavy (non-hydrogen) atoms. The maximum Gasteiger partial charge on any atom is 0.0565 e. The van der Waals surface area contributed by atoms with E-state index < -0.39 is 0 Å². The molecule has 1 fully saturated rings. The fourth-order valence-corrected chi connectivity index (χ4v) is 3.17. The predicted octanol–water partition coefficient (Wildman–Crippen LogP) is 2.89. The molecule has 0 amide bonds. The molecule has 1 aliphatic heterocycles. The second-order valence-electron chi connectivity index (χ2n) is 5.58. The van der Waals surface area contributed by atoms with Gasteiger partial charge in [-0.05, 0) is 44.0 Å². The van der Waals surface area contributed by atoms with Crippen LogP contribution in [-0.2, 0) is 6.54 Å². The summed E-state index contributed by atoms with van der Waals surface area (Å²) in [5, 5.41) is 4.35. The van der Waals surface area contributed by atoms with Crippen LogP contribution in [0.15, 0.2) is 43.0 Å². The lowest BCUT2D eigenvalue weighted by Gasteiger charge is -2.40. The molecule has 0 aliphatic carbocycles. The van der Waals surface area contributed by atoms with Gasteiger partial charge < -0.3 is 0 Å². The molecule has 2 aromatic heterocycles. The number of likely N-dealkylation sites (tertiary alicyclic amines) is 1. The van der Waals surface area contributed by atoms with Gasteiger partial charge in [-0.25, -0.2) is 0 Å². The van der Waals surface area contributed by atoms with Crippen molar-refractivity contribution in [3.05, 3.63) is 48.5 Å². The molecule has 3 rings (SSSR count). The third-order valence-electron chi connectivity index (χ3n) is 4.29. The van der Waals surface area contributed by atoms with Crippen molar-refractivity contribution < 1.29 is 0 Å². The Hall–Kier alpha value is -1.68. The van der Waals surface area contributed by atoms with Crippen LogP contribution in [0, 0.1) is 0 Å². The second-order valence-corrected chi connectivity index (χ2v) is 5.58. The lowest BCUT2D eigenvalue weighted by Crippen LogP contribution is -2.43. The highest BCUT2D eigenvalue weighted by molar-refractivity contribution is 5.13. The normalized spacial score (nSPS) is 21.8. The number of pyridine rings is 1. The van der Waals surface area contributed by atoms with Gasteiger partial charge in [0, 0.05) is 36.9 Å². The van der Waals surface area contributed by atoms with Crippen LogP contribution in [0.5, 0.6) is 0 Å². The van der Waals surface area contributed by atoms with Crippen LogP contribution in [0.3, 0.4) is 0 Å². The highest BCUT2D eigenvalue weighted by atomic mass is 15.3. The largest absolute Gasteiger partial charge is 0.292 e. The minimum Gasteiger partial charge on any atom is -0.292 e. The van der Waals surface area contributed by atoms with E-state index in [2.05, 4.69) is 38.9 Å². The van der Waals surface area contributed by atoms with Crippen LogP contribution in [-0.4, -0.2) is 32.3 Å². The summed E-state index contributed by atoms with van der Waals surface area (Å²) < 4.78 is 2.05. The summed E-state index contributed by atoms with van der Waals surface area (Å²) in [6.45, 7) is 4.44. The molecule has 3 heterocycles. The highest BCUT2D eigenvalue weighted by Crippen LogP contribution is 2.28. The lowest BCUT2D eigenvalue weighted by molar-refractivity contribution is 0.0882.